The van der Waals surface area contributed by atoms with Gasteiger partial charge in [0.1, 0.15) is 5.67 Å². The van der Waals surface area contributed by atoms with Crippen molar-refractivity contribution in [3.63, 3.8) is 0 Å². The number of aromatic hydroxyl groups is 1. The van der Waals surface area contributed by atoms with Crippen molar-refractivity contribution in [3.05, 3.63) is 27.5 Å². The van der Waals surface area contributed by atoms with E-state index in [1.165, 1.54) is 0 Å². The highest BCUT2D eigenvalue weighted by Gasteiger charge is 2.59. The minimum absolute atomic E-state index is 0.0161. The van der Waals surface area contributed by atoms with Gasteiger partial charge in [-0.2, -0.15) is 0 Å². The molecule has 3 aliphatic carbocycles. The summed E-state index contributed by atoms with van der Waals surface area (Å²) in [6, 6.07) is 0.251. The van der Waals surface area contributed by atoms with Gasteiger partial charge in [-0.15, -0.1) is 0 Å². The average molecular weight is 404 g/mol. The zero-order valence-corrected chi connectivity index (χ0v) is 15.8. The van der Waals surface area contributed by atoms with E-state index in [1.807, 2.05) is 0 Å². The third-order valence-electron chi connectivity index (χ3n) is 6.65. The number of carbonyl (C=O) groups is 1. The van der Waals surface area contributed by atoms with Crippen molar-refractivity contribution in [3.8, 4) is 5.75 Å². The van der Waals surface area contributed by atoms with Gasteiger partial charge < -0.3 is 10.4 Å². The molecule has 1 amide bonds. The van der Waals surface area contributed by atoms with Crippen LogP contribution in [0.2, 0.25) is 10.0 Å². The second-order valence-corrected chi connectivity index (χ2v) is 8.96. The molecule has 7 heteroatoms. The minimum Gasteiger partial charge on any atom is -0.505 e. The van der Waals surface area contributed by atoms with Crippen LogP contribution in [-0.2, 0) is 4.79 Å². The quantitative estimate of drug-likeness (QED) is 0.654. The number of alkyl halides is 1. The molecule has 3 nitrogen and oxygen atoms in total. The maximum Gasteiger partial charge on any atom is 0.223 e. The van der Waals surface area contributed by atoms with Gasteiger partial charge in [-0.1, -0.05) is 29.6 Å². The maximum atomic E-state index is 14.9. The van der Waals surface area contributed by atoms with Crippen LogP contribution in [0.5, 0.6) is 5.75 Å². The van der Waals surface area contributed by atoms with Crippen LogP contribution in [0.3, 0.4) is 0 Å². The van der Waals surface area contributed by atoms with E-state index in [0.29, 0.717) is 25.7 Å². The Balaban J connectivity index is 1.78. The van der Waals surface area contributed by atoms with Crippen LogP contribution in [0.15, 0.2) is 6.07 Å². The molecule has 26 heavy (non-hydrogen) atoms. The number of hydrogen-bond acceptors (Lipinski definition) is 2. The zero-order valence-electron chi connectivity index (χ0n) is 14.3. The molecule has 0 aromatic heterocycles. The summed E-state index contributed by atoms with van der Waals surface area (Å²) in [4.78, 5) is 12.6. The first-order chi connectivity index (χ1) is 12.2. The van der Waals surface area contributed by atoms with Crippen molar-refractivity contribution < 1.29 is 18.7 Å². The number of rotatable bonds is 4. The first-order valence-electron chi connectivity index (χ1n) is 9.10. The maximum absolute atomic E-state index is 14.9. The predicted molar refractivity (Wildman–Crippen MR) is 95.7 cm³/mol. The van der Waals surface area contributed by atoms with Crippen LogP contribution in [0, 0.1) is 17.2 Å². The molecular weight excluding hydrogens is 383 g/mol. The van der Waals surface area contributed by atoms with Gasteiger partial charge in [0, 0.05) is 17.5 Å². The Morgan fingerprint density at radius 2 is 1.92 bits per heavy atom. The summed E-state index contributed by atoms with van der Waals surface area (Å²) in [6.45, 7) is 0. The molecule has 142 valence electrons. The summed E-state index contributed by atoms with van der Waals surface area (Å²) in [7, 11) is 0. The Hall–Kier alpha value is -1.07. The van der Waals surface area contributed by atoms with Crippen molar-refractivity contribution in [1.82, 2.24) is 5.32 Å². The van der Waals surface area contributed by atoms with Crippen LogP contribution in [0.25, 0.3) is 0 Å². The molecule has 0 saturated heterocycles. The zero-order chi connectivity index (χ0) is 18.7. The summed E-state index contributed by atoms with van der Waals surface area (Å²) in [5.41, 5.74) is -1.88. The SMILES string of the molecule is O=C(NC(c1c(F)c(O)cc(Cl)c1Cl)C12CCC(F)(CC1)C2)C1CCC1. The highest BCUT2D eigenvalue weighted by Crippen LogP contribution is 2.64. The minimum atomic E-state index is -1.26. The number of phenols is 1. The standard InChI is InChI=1S/C19H21Cl2F2NO2/c20-11-8-12(25)15(22)13(14(11)21)16(24-17(26)10-2-1-3-10)18-4-6-19(23,9-18)7-5-18/h8,10,16,25H,1-7,9H2,(H,24,26). The van der Waals surface area contributed by atoms with Crippen molar-refractivity contribution in [2.75, 3.05) is 0 Å². The van der Waals surface area contributed by atoms with E-state index in [0.717, 1.165) is 25.3 Å². The first kappa shape index (κ1) is 18.3. The van der Waals surface area contributed by atoms with Gasteiger partial charge in [0.25, 0.3) is 0 Å². The van der Waals surface area contributed by atoms with Crippen LogP contribution in [0.1, 0.15) is 63.0 Å². The second kappa shape index (κ2) is 6.23. The molecule has 1 unspecified atom stereocenters. The van der Waals surface area contributed by atoms with E-state index in [2.05, 4.69) is 5.32 Å². The topological polar surface area (TPSA) is 49.3 Å². The predicted octanol–water partition coefficient (Wildman–Crippen LogP) is 5.47. The van der Waals surface area contributed by atoms with Crippen LogP contribution >= 0.6 is 23.2 Å². The first-order valence-corrected chi connectivity index (χ1v) is 9.86. The Morgan fingerprint density at radius 1 is 1.27 bits per heavy atom. The lowest BCUT2D eigenvalue weighted by Crippen LogP contribution is -2.43. The summed E-state index contributed by atoms with van der Waals surface area (Å²) < 4.78 is 29.7. The lowest BCUT2D eigenvalue weighted by molar-refractivity contribution is -0.129. The summed E-state index contributed by atoms with van der Waals surface area (Å²) in [6.07, 6.45) is 4.74. The molecule has 3 aliphatic rings. The smallest absolute Gasteiger partial charge is 0.223 e. The number of fused-ring (bicyclic) bond motifs is 2. The highest BCUT2D eigenvalue weighted by molar-refractivity contribution is 6.42. The van der Waals surface area contributed by atoms with E-state index < -0.39 is 28.7 Å². The molecule has 1 aromatic carbocycles. The molecule has 2 N–H and O–H groups in total. The van der Waals surface area contributed by atoms with Crippen molar-refractivity contribution in [1.29, 1.82) is 0 Å². The molecule has 3 fully saturated rings. The lowest BCUT2D eigenvalue weighted by Gasteiger charge is -2.39. The molecule has 4 rings (SSSR count). The van der Waals surface area contributed by atoms with Crippen LogP contribution in [0.4, 0.5) is 8.78 Å². The summed E-state index contributed by atoms with van der Waals surface area (Å²) in [5.74, 6) is -1.76. The fraction of sp³-hybridized carbons (Fsp3) is 0.632. The Kier molecular flexibility index (Phi) is 4.39. The molecular formula is C19H21Cl2F2NO2. The Labute approximate surface area is 161 Å². The Morgan fingerprint density at radius 3 is 2.42 bits per heavy atom. The average Bonchev–Trinajstić information content (AvgIpc) is 3.05. The van der Waals surface area contributed by atoms with E-state index in [-0.39, 0.29) is 33.9 Å². The number of phenolic OH excluding ortho intramolecular Hbond substituents is 1. The van der Waals surface area contributed by atoms with Crippen LogP contribution < -0.4 is 5.32 Å². The normalized spacial score (nSPS) is 31.7. The molecule has 0 aliphatic heterocycles. The van der Waals surface area contributed by atoms with Crippen molar-refractivity contribution in [2.24, 2.45) is 11.3 Å². The molecule has 0 radical (unpaired) electrons. The molecule has 2 bridgehead atoms. The fourth-order valence-corrected chi connectivity index (χ4v) is 5.35. The van der Waals surface area contributed by atoms with E-state index in [9.17, 15) is 18.7 Å². The number of nitrogens with one attached hydrogen (secondary N) is 1. The van der Waals surface area contributed by atoms with Gasteiger partial charge in [-0.3, -0.25) is 4.79 Å². The fourth-order valence-electron chi connectivity index (χ4n) is 4.90. The van der Waals surface area contributed by atoms with Gasteiger partial charge >= 0.3 is 0 Å². The molecule has 1 aromatic rings. The number of benzene rings is 1. The van der Waals surface area contributed by atoms with Gasteiger partial charge in [-0.05, 0) is 50.4 Å². The number of amides is 1. The van der Waals surface area contributed by atoms with Crippen molar-refractivity contribution in [2.45, 2.75) is 63.1 Å². The third kappa shape index (κ3) is 2.78. The van der Waals surface area contributed by atoms with Gasteiger partial charge in [0.2, 0.25) is 5.91 Å². The molecule has 3 saturated carbocycles. The van der Waals surface area contributed by atoms with E-state index >= 15 is 0 Å². The Bertz CT molecular complexity index is 732. The number of carbonyl (C=O) groups excluding carboxylic acids is 1. The monoisotopic (exact) mass is 403 g/mol. The van der Waals surface area contributed by atoms with E-state index in [1.54, 1.807) is 0 Å². The van der Waals surface area contributed by atoms with Gasteiger partial charge in [0.15, 0.2) is 11.6 Å². The third-order valence-corrected chi connectivity index (χ3v) is 7.45. The second-order valence-electron chi connectivity index (χ2n) is 8.18. The summed E-state index contributed by atoms with van der Waals surface area (Å²) in [5, 5.41) is 12.8. The largest absolute Gasteiger partial charge is 0.505 e. The lowest BCUT2D eigenvalue weighted by atomic mass is 9.73. The molecule has 1 atom stereocenters. The van der Waals surface area contributed by atoms with Crippen molar-refractivity contribution >= 4 is 29.1 Å². The van der Waals surface area contributed by atoms with Gasteiger partial charge in [0.05, 0.1) is 16.1 Å². The number of hydrogen-bond donors (Lipinski definition) is 2. The van der Waals surface area contributed by atoms with E-state index in [4.69, 9.17) is 23.2 Å². The van der Waals surface area contributed by atoms with Gasteiger partial charge in [-0.25, -0.2) is 8.78 Å². The number of halogens is 4. The molecule has 0 spiro atoms. The molecule has 0 heterocycles. The summed E-state index contributed by atoms with van der Waals surface area (Å²) >= 11 is 12.4. The van der Waals surface area contributed by atoms with Crippen LogP contribution in [-0.4, -0.2) is 16.7 Å². The highest BCUT2D eigenvalue weighted by atomic mass is 35.5.